The van der Waals surface area contributed by atoms with Gasteiger partial charge in [-0.2, -0.15) is 5.10 Å². The van der Waals surface area contributed by atoms with Gasteiger partial charge < -0.3 is 10.3 Å². The molecule has 6 heteroatoms. The Morgan fingerprint density at radius 2 is 2.17 bits per heavy atom. The van der Waals surface area contributed by atoms with Gasteiger partial charge in [0.15, 0.2) is 5.52 Å². The number of nitrogens with one attached hydrogen (secondary N) is 2. The summed E-state index contributed by atoms with van der Waals surface area (Å²) in [7, 11) is 0. The number of aromatic nitrogens is 4. The van der Waals surface area contributed by atoms with E-state index in [2.05, 4.69) is 34.2 Å². The van der Waals surface area contributed by atoms with E-state index in [1.807, 2.05) is 4.68 Å². The molecule has 0 bridgehead atoms. The highest BCUT2D eigenvalue weighted by Crippen LogP contribution is 2.29. The Morgan fingerprint density at radius 1 is 1.39 bits per heavy atom. The van der Waals surface area contributed by atoms with Crippen LogP contribution in [0.5, 0.6) is 0 Å². The molecular weight excluding hydrogens is 230 g/mol. The lowest BCUT2D eigenvalue weighted by Crippen LogP contribution is -2.61. The first-order valence-electron chi connectivity index (χ1n) is 6.38. The van der Waals surface area contributed by atoms with Crippen LogP contribution in [0.25, 0.3) is 11.0 Å². The summed E-state index contributed by atoms with van der Waals surface area (Å²) in [5, 5.41) is 7.81. The zero-order valence-corrected chi connectivity index (χ0v) is 10.7. The maximum Gasteiger partial charge on any atom is 0.279 e. The zero-order valence-electron chi connectivity index (χ0n) is 10.7. The average molecular weight is 247 g/mol. The molecule has 2 aromatic rings. The topological polar surface area (TPSA) is 75.6 Å². The first kappa shape index (κ1) is 11.4. The number of rotatable bonds is 3. The molecule has 0 aliphatic carbocycles. The molecule has 0 spiro atoms. The molecule has 18 heavy (non-hydrogen) atoms. The van der Waals surface area contributed by atoms with Gasteiger partial charge in [0.25, 0.3) is 5.56 Å². The van der Waals surface area contributed by atoms with Crippen molar-refractivity contribution >= 4 is 11.0 Å². The first-order chi connectivity index (χ1) is 8.72. The third kappa shape index (κ3) is 1.35. The minimum Gasteiger partial charge on any atom is -0.312 e. The highest BCUT2D eigenvalue weighted by atomic mass is 16.1. The van der Waals surface area contributed by atoms with Gasteiger partial charge >= 0.3 is 0 Å². The molecular formula is C12H17N5O. The Morgan fingerprint density at radius 3 is 2.72 bits per heavy atom. The summed E-state index contributed by atoms with van der Waals surface area (Å²) in [6, 6.07) is 0. The molecule has 0 amide bonds. The van der Waals surface area contributed by atoms with Crippen molar-refractivity contribution in [2.75, 3.05) is 13.1 Å². The molecule has 2 aromatic heterocycles. The van der Waals surface area contributed by atoms with Gasteiger partial charge in [0, 0.05) is 13.1 Å². The predicted octanol–water partition coefficient (Wildman–Crippen LogP) is 0.390. The Labute approximate surface area is 104 Å². The summed E-state index contributed by atoms with van der Waals surface area (Å²) >= 11 is 0. The van der Waals surface area contributed by atoms with Gasteiger partial charge in [0.2, 0.25) is 0 Å². The van der Waals surface area contributed by atoms with Crippen LogP contribution >= 0.6 is 0 Å². The molecule has 1 fully saturated rings. The van der Waals surface area contributed by atoms with Crippen LogP contribution in [-0.2, 0) is 12.0 Å². The molecule has 96 valence electrons. The number of fused-ring (bicyclic) bond motifs is 1. The number of H-pyrrole nitrogens is 1. The van der Waals surface area contributed by atoms with Gasteiger partial charge in [-0.3, -0.25) is 9.48 Å². The summed E-state index contributed by atoms with van der Waals surface area (Å²) in [5.74, 6) is 0. The van der Waals surface area contributed by atoms with E-state index in [4.69, 9.17) is 0 Å². The lowest BCUT2D eigenvalue weighted by Gasteiger charge is -2.43. The van der Waals surface area contributed by atoms with Crippen LogP contribution in [0.2, 0.25) is 0 Å². The van der Waals surface area contributed by atoms with E-state index in [9.17, 15) is 4.79 Å². The molecule has 0 unspecified atom stereocenters. The number of hydrogen-bond acceptors (Lipinski definition) is 4. The first-order valence-corrected chi connectivity index (χ1v) is 6.38. The molecule has 3 heterocycles. The largest absolute Gasteiger partial charge is 0.312 e. The molecule has 0 atom stereocenters. The van der Waals surface area contributed by atoms with Crippen molar-refractivity contribution in [2.45, 2.75) is 32.2 Å². The van der Waals surface area contributed by atoms with E-state index in [1.54, 1.807) is 0 Å². The Bertz CT molecular complexity index is 632. The fourth-order valence-corrected chi connectivity index (χ4v) is 2.63. The zero-order chi connectivity index (χ0) is 12.8. The Hall–Kier alpha value is -1.69. The molecule has 1 aliphatic heterocycles. The molecule has 1 saturated heterocycles. The van der Waals surface area contributed by atoms with Gasteiger partial charge in [0.1, 0.15) is 5.52 Å². The molecule has 1 aliphatic rings. The number of aryl methyl sites for hydroxylation is 1. The summed E-state index contributed by atoms with van der Waals surface area (Å²) in [4.78, 5) is 18.7. The van der Waals surface area contributed by atoms with Crippen molar-refractivity contribution < 1.29 is 0 Å². The van der Waals surface area contributed by atoms with Gasteiger partial charge in [-0.05, 0) is 12.8 Å². The normalized spacial score (nSPS) is 17.9. The van der Waals surface area contributed by atoms with E-state index in [0.717, 1.165) is 37.1 Å². The smallest absolute Gasteiger partial charge is 0.279 e. The molecule has 0 aromatic carbocycles. The molecule has 2 N–H and O–H groups in total. The number of nitrogens with zero attached hydrogens (tertiary/aromatic N) is 3. The van der Waals surface area contributed by atoms with Gasteiger partial charge in [0.05, 0.1) is 17.6 Å². The minimum atomic E-state index is -0.160. The van der Waals surface area contributed by atoms with Crippen LogP contribution in [0.15, 0.2) is 11.1 Å². The lowest BCUT2D eigenvalue weighted by atomic mass is 9.89. The fourth-order valence-electron chi connectivity index (χ4n) is 2.63. The standard InChI is InChI=1S/C12H17N5O/c1-3-8-9-10(11(18)15-7-14-9)16-17(8)12(4-2)5-13-6-12/h7,13H,3-6H2,1-2H3,(H,14,15,18). The van der Waals surface area contributed by atoms with E-state index in [0.29, 0.717) is 5.52 Å². The Balaban J connectivity index is 2.29. The summed E-state index contributed by atoms with van der Waals surface area (Å²) in [6.45, 7) is 6.04. The number of hydrogen-bond donors (Lipinski definition) is 2. The maximum absolute atomic E-state index is 11.8. The fraction of sp³-hybridized carbons (Fsp3) is 0.583. The molecule has 0 radical (unpaired) electrons. The van der Waals surface area contributed by atoms with Crippen molar-refractivity contribution in [2.24, 2.45) is 0 Å². The molecule has 0 saturated carbocycles. The third-order valence-electron chi connectivity index (χ3n) is 3.91. The second kappa shape index (κ2) is 3.91. The van der Waals surface area contributed by atoms with Crippen molar-refractivity contribution in [3.63, 3.8) is 0 Å². The van der Waals surface area contributed by atoms with Gasteiger partial charge in [-0.25, -0.2) is 4.98 Å². The van der Waals surface area contributed by atoms with Crippen LogP contribution < -0.4 is 10.9 Å². The second-order valence-electron chi connectivity index (χ2n) is 4.82. The van der Waals surface area contributed by atoms with E-state index < -0.39 is 0 Å². The highest BCUT2D eigenvalue weighted by molar-refractivity contribution is 5.75. The van der Waals surface area contributed by atoms with Crippen molar-refractivity contribution in [3.8, 4) is 0 Å². The second-order valence-corrected chi connectivity index (χ2v) is 4.82. The van der Waals surface area contributed by atoms with Crippen LogP contribution in [0.4, 0.5) is 0 Å². The van der Waals surface area contributed by atoms with E-state index in [-0.39, 0.29) is 11.1 Å². The van der Waals surface area contributed by atoms with Crippen LogP contribution in [-0.4, -0.2) is 32.8 Å². The van der Waals surface area contributed by atoms with Gasteiger partial charge in [-0.15, -0.1) is 0 Å². The Kier molecular flexibility index (Phi) is 2.48. The van der Waals surface area contributed by atoms with Gasteiger partial charge in [-0.1, -0.05) is 13.8 Å². The SMILES string of the molecule is CCc1c2nc[nH]c(=O)c2nn1C1(CC)CNC1. The quantitative estimate of drug-likeness (QED) is 0.822. The monoisotopic (exact) mass is 247 g/mol. The van der Waals surface area contributed by atoms with E-state index >= 15 is 0 Å². The van der Waals surface area contributed by atoms with Crippen molar-refractivity contribution in [1.82, 2.24) is 25.1 Å². The average Bonchev–Trinajstić information content (AvgIpc) is 2.69. The van der Waals surface area contributed by atoms with Crippen molar-refractivity contribution in [1.29, 1.82) is 0 Å². The number of aromatic amines is 1. The summed E-state index contributed by atoms with van der Waals surface area (Å²) in [6.07, 6.45) is 3.28. The maximum atomic E-state index is 11.8. The third-order valence-corrected chi connectivity index (χ3v) is 3.91. The molecule has 6 nitrogen and oxygen atoms in total. The molecule has 3 rings (SSSR count). The van der Waals surface area contributed by atoms with Crippen LogP contribution in [0.3, 0.4) is 0 Å². The predicted molar refractivity (Wildman–Crippen MR) is 68.7 cm³/mol. The summed E-state index contributed by atoms with van der Waals surface area (Å²) < 4.78 is 2.02. The minimum absolute atomic E-state index is 0.0124. The van der Waals surface area contributed by atoms with E-state index in [1.165, 1.54) is 6.33 Å². The lowest BCUT2D eigenvalue weighted by molar-refractivity contribution is 0.145. The highest BCUT2D eigenvalue weighted by Gasteiger charge is 2.40. The van der Waals surface area contributed by atoms with Crippen molar-refractivity contribution in [3.05, 3.63) is 22.4 Å². The van der Waals surface area contributed by atoms with Crippen LogP contribution in [0.1, 0.15) is 26.0 Å². The van der Waals surface area contributed by atoms with Crippen LogP contribution in [0, 0.1) is 0 Å². The summed E-state index contributed by atoms with van der Waals surface area (Å²) in [5.41, 5.74) is 2.10.